The molecule has 2 aromatic heterocycles. The van der Waals surface area contributed by atoms with Gasteiger partial charge in [-0.3, -0.25) is 9.59 Å². The number of fused-ring (bicyclic) bond motifs is 1. The van der Waals surface area contributed by atoms with E-state index in [9.17, 15) is 9.59 Å². The highest BCUT2D eigenvalue weighted by Gasteiger charge is 2.06. The van der Waals surface area contributed by atoms with E-state index >= 15 is 0 Å². The van der Waals surface area contributed by atoms with Crippen molar-refractivity contribution in [1.82, 2.24) is 9.13 Å². The van der Waals surface area contributed by atoms with Crippen molar-refractivity contribution in [3.8, 4) is 0 Å². The van der Waals surface area contributed by atoms with E-state index in [0.717, 1.165) is 5.39 Å². The molecule has 0 bridgehead atoms. The number of rotatable bonds is 3. The molecule has 0 aliphatic rings. The molecule has 0 radical (unpaired) electrons. The van der Waals surface area contributed by atoms with Crippen LogP contribution in [0.5, 0.6) is 0 Å². The first kappa shape index (κ1) is 10.5. The van der Waals surface area contributed by atoms with Crippen molar-refractivity contribution in [3.63, 3.8) is 0 Å². The van der Waals surface area contributed by atoms with E-state index < -0.39 is 5.97 Å². The lowest BCUT2D eigenvalue weighted by Gasteiger charge is -2.04. The molecule has 0 aliphatic carbocycles. The Morgan fingerprint density at radius 3 is 2.75 bits per heavy atom. The van der Waals surface area contributed by atoms with Crippen LogP contribution >= 0.6 is 0 Å². The predicted molar refractivity (Wildman–Crippen MR) is 59.4 cm³/mol. The molecule has 16 heavy (non-hydrogen) atoms. The summed E-state index contributed by atoms with van der Waals surface area (Å²) >= 11 is 0. The van der Waals surface area contributed by atoms with Gasteiger partial charge in [0, 0.05) is 31.4 Å². The molecular weight excluding hydrogens is 208 g/mol. The van der Waals surface area contributed by atoms with Gasteiger partial charge in [0.25, 0.3) is 5.56 Å². The van der Waals surface area contributed by atoms with Crippen molar-refractivity contribution >= 4 is 16.9 Å². The van der Waals surface area contributed by atoms with Gasteiger partial charge in [-0.05, 0) is 12.1 Å². The molecule has 0 amide bonds. The van der Waals surface area contributed by atoms with Gasteiger partial charge in [-0.1, -0.05) is 0 Å². The number of pyridine rings is 1. The Bertz CT molecular complexity index is 595. The Morgan fingerprint density at radius 2 is 2.06 bits per heavy atom. The summed E-state index contributed by atoms with van der Waals surface area (Å²) in [7, 11) is 1.80. The summed E-state index contributed by atoms with van der Waals surface area (Å²) in [6, 6.07) is 3.68. The number of aromatic nitrogens is 2. The normalized spacial score (nSPS) is 10.8. The third-order valence-corrected chi connectivity index (χ3v) is 2.57. The fraction of sp³-hybridized carbons (Fsp3) is 0.273. The minimum absolute atomic E-state index is 0.0458. The van der Waals surface area contributed by atoms with Crippen molar-refractivity contribution in [2.75, 3.05) is 0 Å². The third kappa shape index (κ3) is 1.71. The van der Waals surface area contributed by atoms with E-state index in [2.05, 4.69) is 0 Å². The van der Waals surface area contributed by atoms with E-state index in [1.807, 2.05) is 18.3 Å². The molecule has 5 nitrogen and oxygen atoms in total. The molecule has 0 spiro atoms. The number of aliphatic carboxylic acids is 1. The highest BCUT2D eigenvalue weighted by Crippen LogP contribution is 2.09. The van der Waals surface area contributed by atoms with Gasteiger partial charge in [-0.2, -0.15) is 0 Å². The van der Waals surface area contributed by atoms with Gasteiger partial charge in [0.2, 0.25) is 0 Å². The Labute approximate surface area is 91.5 Å². The van der Waals surface area contributed by atoms with Gasteiger partial charge in [0.05, 0.1) is 6.42 Å². The first-order valence-electron chi connectivity index (χ1n) is 4.96. The summed E-state index contributed by atoms with van der Waals surface area (Å²) in [5, 5.41) is 9.45. The monoisotopic (exact) mass is 220 g/mol. The molecule has 0 saturated carbocycles. The zero-order chi connectivity index (χ0) is 11.7. The maximum Gasteiger partial charge on any atom is 0.305 e. The zero-order valence-corrected chi connectivity index (χ0v) is 8.88. The van der Waals surface area contributed by atoms with Crippen LogP contribution in [0.4, 0.5) is 0 Å². The summed E-state index contributed by atoms with van der Waals surface area (Å²) < 4.78 is 3.17. The van der Waals surface area contributed by atoms with Gasteiger partial charge in [0.15, 0.2) is 0 Å². The second-order valence-corrected chi connectivity index (χ2v) is 3.69. The van der Waals surface area contributed by atoms with Crippen molar-refractivity contribution in [3.05, 3.63) is 34.9 Å². The summed E-state index contributed by atoms with van der Waals surface area (Å²) in [6.07, 6.45) is 3.40. The molecule has 0 aliphatic heterocycles. The van der Waals surface area contributed by atoms with Crippen LogP contribution in [-0.2, 0) is 18.4 Å². The Kier molecular flexibility index (Phi) is 2.52. The standard InChI is InChI=1S/C11H12N2O3/c1-12-5-2-8-3-6-13(7-4-9(14)15)11(16)10(8)12/h2-3,5-6H,4,7H2,1H3,(H,14,15). The van der Waals surface area contributed by atoms with Crippen molar-refractivity contribution in [2.45, 2.75) is 13.0 Å². The van der Waals surface area contributed by atoms with Crippen molar-refractivity contribution in [2.24, 2.45) is 7.05 Å². The number of carbonyl (C=O) groups is 1. The summed E-state index contributed by atoms with van der Waals surface area (Å²) in [4.78, 5) is 22.4. The molecule has 2 rings (SSSR count). The summed E-state index contributed by atoms with van der Waals surface area (Å²) in [6.45, 7) is 0.204. The highest BCUT2D eigenvalue weighted by molar-refractivity contribution is 5.78. The van der Waals surface area contributed by atoms with E-state index in [4.69, 9.17) is 5.11 Å². The SMILES string of the molecule is Cn1ccc2ccn(CCC(=O)O)c(=O)c21. The van der Waals surface area contributed by atoms with Gasteiger partial charge < -0.3 is 14.2 Å². The molecule has 5 heteroatoms. The molecule has 0 unspecified atom stereocenters. The van der Waals surface area contributed by atoms with E-state index in [1.165, 1.54) is 4.57 Å². The summed E-state index contributed by atoms with van der Waals surface area (Å²) in [5.41, 5.74) is 0.458. The van der Waals surface area contributed by atoms with Crippen LogP contribution in [-0.4, -0.2) is 20.2 Å². The first-order chi connectivity index (χ1) is 7.59. The number of carboxylic acids is 1. The minimum atomic E-state index is -0.904. The quantitative estimate of drug-likeness (QED) is 0.832. The van der Waals surface area contributed by atoms with E-state index in [0.29, 0.717) is 5.52 Å². The van der Waals surface area contributed by atoms with Crippen LogP contribution in [0.15, 0.2) is 29.3 Å². The maximum atomic E-state index is 12.0. The third-order valence-electron chi connectivity index (χ3n) is 2.57. The van der Waals surface area contributed by atoms with Gasteiger partial charge in [0.1, 0.15) is 5.52 Å². The zero-order valence-electron chi connectivity index (χ0n) is 8.88. The number of carboxylic acid groups (broad SMARTS) is 1. The smallest absolute Gasteiger partial charge is 0.305 e. The molecule has 1 N–H and O–H groups in total. The lowest BCUT2D eigenvalue weighted by atomic mass is 10.3. The largest absolute Gasteiger partial charge is 0.481 e. The first-order valence-corrected chi connectivity index (χ1v) is 4.96. The van der Waals surface area contributed by atoms with Crippen LogP contribution in [0.25, 0.3) is 10.9 Å². The minimum Gasteiger partial charge on any atom is -0.481 e. The predicted octanol–water partition coefficient (Wildman–Crippen LogP) is 0.815. The Balaban J connectivity index is 2.47. The number of nitrogens with zero attached hydrogens (tertiary/aromatic N) is 2. The van der Waals surface area contributed by atoms with E-state index in [-0.39, 0.29) is 18.5 Å². The van der Waals surface area contributed by atoms with Gasteiger partial charge in [-0.25, -0.2) is 0 Å². The summed E-state index contributed by atoms with van der Waals surface area (Å²) in [5.74, 6) is -0.904. The maximum absolute atomic E-state index is 12.0. The topological polar surface area (TPSA) is 64.2 Å². The second-order valence-electron chi connectivity index (χ2n) is 3.69. The van der Waals surface area contributed by atoms with E-state index in [1.54, 1.807) is 17.8 Å². The number of aryl methyl sites for hydroxylation is 2. The average molecular weight is 220 g/mol. The molecule has 84 valence electrons. The van der Waals surface area contributed by atoms with Crippen LogP contribution < -0.4 is 5.56 Å². The molecule has 0 saturated heterocycles. The second kappa shape index (κ2) is 3.84. The Hall–Kier alpha value is -2.04. The van der Waals surface area contributed by atoms with Gasteiger partial charge >= 0.3 is 5.97 Å². The number of hydrogen-bond acceptors (Lipinski definition) is 2. The molecular formula is C11H12N2O3. The van der Waals surface area contributed by atoms with Crippen LogP contribution in [0, 0.1) is 0 Å². The van der Waals surface area contributed by atoms with Gasteiger partial charge in [-0.15, -0.1) is 0 Å². The molecule has 0 aromatic carbocycles. The lowest BCUT2D eigenvalue weighted by Crippen LogP contribution is -2.22. The molecule has 2 heterocycles. The van der Waals surface area contributed by atoms with Crippen molar-refractivity contribution in [1.29, 1.82) is 0 Å². The fourth-order valence-electron chi connectivity index (χ4n) is 1.72. The molecule has 2 aromatic rings. The Morgan fingerprint density at radius 1 is 1.38 bits per heavy atom. The van der Waals surface area contributed by atoms with Crippen LogP contribution in [0.2, 0.25) is 0 Å². The molecule has 0 atom stereocenters. The lowest BCUT2D eigenvalue weighted by molar-refractivity contribution is -0.137. The van der Waals surface area contributed by atoms with Crippen LogP contribution in [0.3, 0.4) is 0 Å². The molecule has 0 fully saturated rings. The highest BCUT2D eigenvalue weighted by atomic mass is 16.4. The fourth-order valence-corrected chi connectivity index (χ4v) is 1.72. The van der Waals surface area contributed by atoms with Crippen molar-refractivity contribution < 1.29 is 9.90 Å². The number of hydrogen-bond donors (Lipinski definition) is 1. The average Bonchev–Trinajstić information content (AvgIpc) is 2.60. The van der Waals surface area contributed by atoms with Crippen LogP contribution in [0.1, 0.15) is 6.42 Å².